The molecule has 0 aliphatic carbocycles. The standard InChI is InChI=1S/C29H43ClN2OS3/c1-26(2,3)18-28(6,7)34-35-29(8,9)19-27(4,5)31-25-21-13-11-12-14-23(21)32(10)36(33)24-17-20(30)15-16-22(24)25/h11-17,25,31H,18-19H2,1-10H3. The maximum absolute atomic E-state index is 13.5. The number of nitrogens with zero attached hydrogens (tertiary/aromatic N) is 1. The third-order valence-corrected chi connectivity index (χ3v) is 12.1. The Hall–Kier alpha value is -0.660. The number of hydrogen-bond acceptors (Lipinski definition) is 4. The minimum Gasteiger partial charge on any atom is -0.301 e. The number of anilines is 1. The van der Waals surface area contributed by atoms with E-state index in [0.717, 1.165) is 34.6 Å². The molecule has 2 aromatic rings. The highest BCUT2D eigenvalue weighted by Gasteiger charge is 2.37. The van der Waals surface area contributed by atoms with Gasteiger partial charge in [-0.25, -0.2) is 4.21 Å². The predicted molar refractivity (Wildman–Crippen MR) is 164 cm³/mol. The highest BCUT2D eigenvalue weighted by atomic mass is 35.5. The summed E-state index contributed by atoms with van der Waals surface area (Å²) in [7, 11) is 4.56. The zero-order chi connectivity index (χ0) is 27.1. The van der Waals surface area contributed by atoms with Crippen molar-refractivity contribution in [3.63, 3.8) is 0 Å². The monoisotopic (exact) mass is 566 g/mol. The van der Waals surface area contributed by atoms with Crippen LogP contribution in [0, 0.1) is 5.41 Å². The molecule has 3 nitrogen and oxygen atoms in total. The molecule has 0 fully saturated rings. The molecule has 1 aliphatic rings. The van der Waals surface area contributed by atoms with Crippen molar-refractivity contribution in [1.29, 1.82) is 0 Å². The normalized spacial score (nSPS) is 19.0. The van der Waals surface area contributed by atoms with Crippen LogP contribution in [0.2, 0.25) is 5.02 Å². The van der Waals surface area contributed by atoms with Gasteiger partial charge in [-0.2, -0.15) is 0 Å². The van der Waals surface area contributed by atoms with Crippen LogP contribution < -0.4 is 9.62 Å². The van der Waals surface area contributed by atoms with Gasteiger partial charge in [-0.1, -0.05) is 78.2 Å². The van der Waals surface area contributed by atoms with Crippen molar-refractivity contribution >= 4 is 49.9 Å². The van der Waals surface area contributed by atoms with Crippen LogP contribution in [0.4, 0.5) is 5.69 Å². The molecule has 0 radical (unpaired) electrons. The van der Waals surface area contributed by atoms with Crippen LogP contribution in [0.3, 0.4) is 0 Å². The Balaban J connectivity index is 1.88. The van der Waals surface area contributed by atoms with Gasteiger partial charge >= 0.3 is 0 Å². The van der Waals surface area contributed by atoms with Gasteiger partial charge in [0.05, 0.1) is 16.6 Å². The summed E-state index contributed by atoms with van der Waals surface area (Å²) in [6, 6.07) is 14.0. The summed E-state index contributed by atoms with van der Waals surface area (Å²) in [4.78, 5) is 0.766. The summed E-state index contributed by atoms with van der Waals surface area (Å²) in [5.74, 6) is 0. The van der Waals surface area contributed by atoms with E-state index in [2.05, 4.69) is 85.8 Å². The molecule has 1 heterocycles. The van der Waals surface area contributed by atoms with Gasteiger partial charge in [-0.3, -0.25) is 4.31 Å². The molecule has 1 N–H and O–H groups in total. The van der Waals surface area contributed by atoms with Gasteiger partial charge in [0.25, 0.3) is 0 Å². The van der Waals surface area contributed by atoms with E-state index < -0.39 is 11.0 Å². The number of hydrogen-bond donors (Lipinski definition) is 1. The molecule has 7 heteroatoms. The van der Waals surface area contributed by atoms with Crippen LogP contribution in [-0.4, -0.2) is 26.3 Å². The lowest BCUT2D eigenvalue weighted by molar-refractivity contribution is 0.311. The molecule has 200 valence electrons. The number of para-hydroxylation sites is 1. The SMILES string of the molecule is CN1c2ccccc2C(NC(C)(C)CC(C)(C)SSC(C)(C)CC(C)(C)C)c2ccc(Cl)cc2S1=O. The van der Waals surface area contributed by atoms with Crippen molar-refractivity contribution in [2.75, 3.05) is 11.4 Å². The van der Waals surface area contributed by atoms with Gasteiger partial charge in [-0.05, 0) is 89.1 Å². The second-order valence-electron chi connectivity index (χ2n) is 13.0. The molecule has 0 saturated carbocycles. The van der Waals surface area contributed by atoms with Crippen LogP contribution in [0.25, 0.3) is 0 Å². The fraction of sp³-hybridized carbons (Fsp3) is 0.586. The summed E-state index contributed by atoms with van der Waals surface area (Å²) in [6.07, 6.45) is 2.14. The largest absolute Gasteiger partial charge is 0.301 e. The Morgan fingerprint density at radius 1 is 0.889 bits per heavy atom. The molecule has 0 aromatic heterocycles. The lowest BCUT2D eigenvalue weighted by Crippen LogP contribution is -2.46. The molecular formula is C29H43ClN2OS3. The summed E-state index contributed by atoms with van der Waals surface area (Å²) in [5, 5.41) is 4.58. The molecule has 2 atom stereocenters. The van der Waals surface area contributed by atoms with E-state index in [1.54, 1.807) is 0 Å². The summed E-state index contributed by atoms with van der Waals surface area (Å²) in [5.41, 5.74) is 3.26. The van der Waals surface area contributed by atoms with E-state index in [1.165, 1.54) is 0 Å². The van der Waals surface area contributed by atoms with Crippen molar-refractivity contribution in [1.82, 2.24) is 5.32 Å². The number of fused-ring (bicyclic) bond motifs is 2. The molecule has 0 bridgehead atoms. The number of benzene rings is 2. The van der Waals surface area contributed by atoms with Gasteiger partial charge in [0, 0.05) is 27.1 Å². The molecular weight excluding hydrogens is 524 g/mol. The molecule has 3 rings (SSSR count). The molecule has 2 aromatic carbocycles. The zero-order valence-corrected chi connectivity index (χ0v) is 26.7. The van der Waals surface area contributed by atoms with Crippen LogP contribution in [0.15, 0.2) is 47.4 Å². The fourth-order valence-corrected chi connectivity index (χ4v) is 10.1. The summed E-state index contributed by atoms with van der Waals surface area (Å²) >= 11 is 6.36. The summed E-state index contributed by atoms with van der Waals surface area (Å²) in [6.45, 7) is 20.9. The van der Waals surface area contributed by atoms with E-state index in [9.17, 15) is 4.21 Å². The smallest absolute Gasteiger partial charge is 0.153 e. The third-order valence-electron chi connectivity index (χ3n) is 6.16. The molecule has 2 unspecified atom stereocenters. The summed E-state index contributed by atoms with van der Waals surface area (Å²) < 4.78 is 15.6. The van der Waals surface area contributed by atoms with Gasteiger partial charge < -0.3 is 5.32 Å². The average Bonchev–Trinajstić information content (AvgIpc) is 2.80. The molecule has 0 amide bonds. The van der Waals surface area contributed by atoms with E-state index in [-0.39, 0.29) is 21.1 Å². The van der Waals surface area contributed by atoms with E-state index in [0.29, 0.717) is 10.4 Å². The van der Waals surface area contributed by atoms with Gasteiger partial charge in [0.15, 0.2) is 11.0 Å². The Morgan fingerprint density at radius 2 is 1.47 bits per heavy atom. The quantitative estimate of drug-likeness (QED) is 0.323. The number of halogens is 1. The first kappa shape index (κ1) is 29.9. The van der Waals surface area contributed by atoms with Gasteiger partial charge in [0.2, 0.25) is 0 Å². The van der Waals surface area contributed by atoms with Crippen molar-refractivity contribution in [2.45, 2.75) is 101 Å². The van der Waals surface area contributed by atoms with Crippen LogP contribution in [0.1, 0.15) is 92.3 Å². The van der Waals surface area contributed by atoms with Crippen molar-refractivity contribution in [3.8, 4) is 0 Å². The second-order valence-corrected chi connectivity index (χ2v) is 18.5. The van der Waals surface area contributed by atoms with Crippen molar-refractivity contribution in [3.05, 3.63) is 58.6 Å². The van der Waals surface area contributed by atoms with E-state index >= 15 is 0 Å². The molecule has 0 spiro atoms. The fourth-order valence-electron chi connectivity index (χ4n) is 5.54. The zero-order valence-electron chi connectivity index (χ0n) is 23.5. The van der Waals surface area contributed by atoms with Crippen LogP contribution in [-0.2, 0) is 11.0 Å². The second kappa shape index (κ2) is 10.8. The lowest BCUT2D eigenvalue weighted by Gasteiger charge is -2.40. The molecule has 1 aliphatic heterocycles. The maximum Gasteiger partial charge on any atom is 0.153 e. The van der Waals surface area contributed by atoms with Crippen LogP contribution in [0.5, 0.6) is 0 Å². The Kier molecular flexibility index (Phi) is 9.00. The van der Waals surface area contributed by atoms with Gasteiger partial charge in [0.1, 0.15) is 0 Å². The highest BCUT2D eigenvalue weighted by molar-refractivity contribution is 8.77. The minimum atomic E-state index is -1.34. The first-order chi connectivity index (χ1) is 16.4. The number of rotatable bonds is 8. The molecule has 0 saturated heterocycles. The van der Waals surface area contributed by atoms with Crippen molar-refractivity contribution in [2.24, 2.45) is 5.41 Å². The van der Waals surface area contributed by atoms with Gasteiger partial charge in [-0.15, -0.1) is 0 Å². The predicted octanol–water partition coefficient (Wildman–Crippen LogP) is 9.03. The first-order valence-electron chi connectivity index (χ1n) is 12.6. The highest BCUT2D eigenvalue weighted by Crippen LogP contribution is 2.50. The van der Waals surface area contributed by atoms with E-state index in [4.69, 9.17) is 11.6 Å². The third kappa shape index (κ3) is 7.69. The van der Waals surface area contributed by atoms with Crippen molar-refractivity contribution < 1.29 is 4.21 Å². The minimum absolute atomic E-state index is 0.0585. The van der Waals surface area contributed by atoms with Crippen LogP contribution >= 0.6 is 33.2 Å². The Bertz CT molecular complexity index is 1110. The Morgan fingerprint density at radius 3 is 2.08 bits per heavy atom. The maximum atomic E-state index is 13.5. The Labute approximate surface area is 234 Å². The molecule has 36 heavy (non-hydrogen) atoms. The lowest BCUT2D eigenvalue weighted by atomic mass is 9.86. The van der Waals surface area contributed by atoms with E-state index in [1.807, 2.05) is 57.2 Å². The topological polar surface area (TPSA) is 32.3 Å². The average molecular weight is 567 g/mol. The number of nitrogens with one attached hydrogen (secondary N) is 1. The first-order valence-corrected chi connectivity index (χ1v) is 16.2.